The molecule has 1 radical (unpaired) electrons. The zero-order chi connectivity index (χ0) is 5.98. The lowest BCUT2D eigenvalue weighted by Crippen LogP contribution is -1.96. The molecule has 2 heteroatoms. The molecule has 8 heavy (non-hydrogen) atoms. The predicted octanol–water partition coefficient (Wildman–Crippen LogP) is 0.771. The first-order chi connectivity index (χ1) is 3.80. The summed E-state index contributed by atoms with van der Waals surface area (Å²) in [5, 5.41) is 8.27. The maximum absolute atomic E-state index is 10.1. The Hall–Kier alpha value is -1.05. The lowest BCUT2D eigenvalue weighted by Gasteiger charge is -1.86. The molecule has 1 N–H and O–H groups in total. The fourth-order valence-corrected chi connectivity index (χ4v) is 0.517. The second kappa shape index (κ2) is 1.82. The average Bonchev–Trinajstić information content (AvgIpc) is 2.12. The molecule has 0 spiro atoms. The first-order valence-electron chi connectivity index (χ1n) is 2.26. The minimum absolute atomic E-state index is 0.352. The third kappa shape index (κ3) is 0.780. The third-order valence-electron chi connectivity index (χ3n) is 0.910. The monoisotopic (exact) mass is 109 g/mol. The Morgan fingerprint density at radius 2 is 2.25 bits per heavy atom. The van der Waals surface area contributed by atoms with E-state index in [0.717, 1.165) is 0 Å². The molecule has 0 heterocycles. The highest BCUT2D eigenvalue weighted by Gasteiger charge is 2.06. The van der Waals surface area contributed by atoms with Gasteiger partial charge in [-0.1, -0.05) is 18.2 Å². The van der Waals surface area contributed by atoms with Crippen molar-refractivity contribution in [1.29, 1.82) is 0 Å². The van der Waals surface area contributed by atoms with Gasteiger partial charge in [0.2, 0.25) is 0 Å². The molecule has 1 aliphatic rings. The largest absolute Gasteiger partial charge is 0.478 e. The molecule has 0 aromatic carbocycles. The number of carboxylic acid groups (broad SMARTS) is 1. The predicted molar refractivity (Wildman–Crippen MR) is 29.2 cm³/mol. The Morgan fingerprint density at radius 1 is 1.50 bits per heavy atom. The van der Waals surface area contributed by atoms with Crippen molar-refractivity contribution < 1.29 is 9.90 Å². The summed E-state index contributed by atoms with van der Waals surface area (Å²) < 4.78 is 0. The van der Waals surface area contributed by atoms with Crippen molar-refractivity contribution in [2.75, 3.05) is 0 Å². The Bertz CT molecular complexity index is 165. The van der Waals surface area contributed by atoms with E-state index in [1.54, 1.807) is 24.6 Å². The van der Waals surface area contributed by atoms with Crippen LogP contribution < -0.4 is 0 Å². The number of hydrogen-bond acceptors (Lipinski definition) is 1. The van der Waals surface area contributed by atoms with Crippen LogP contribution in [0, 0.1) is 6.42 Å². The zero-order valence-corrected chi connectivity index (χ0v) is 4.16. The Balaban J connectivity index is 2.64. The van der Waals surface area contributed by atoms with Crippen LogP contribution in [0.4, 0.5) is 0 Å². The maximum Gasteiger partial charge on any atom is 0.332 e. The number of rotatable bonds is 1. The van der Waals surface area contributed by atoms with Gasteiger partial charge >= 0.3 is 5.97 Å². The van der Waals surface area contributed by atoms with Crippen LogP contribution in [0.2, 0.25) is 0 Å². The highest BCUT2D eigenvalue weighted by atomic mass is 16.4. The molecule has 0 unspecified atom stereocenters. The van der Waals surface area contributed by atoms with Gasteiger partial charge in [-0.2, -0.15) is 0 Å². The lowest BCUT2D eigenvalue weighted by atomic mass is 10.2. The average molecular weight is 109 g/mol. The smallest absolute Gasteiger partial charge is 0.332 e. The highest BCUT2D eigenvalue weighted by molar-refractivity contribution is 5.90. The van der Waals surface area contributed by atoms with Crippen molar-refractivity contribution in [2.24, 2.45) is 0 Å². The maximum atomic E-state index is 10.1. The van der Waals surface area contributed by atoms with Crippen molar-refractivity contribution >= 4 is 5.97 Å². The second-order valence-electron chi connectivity index (χ2n) is 1.48. The standard InChI is InChI=1S/C6H5O2/c7-6(8)5-3-1-2-4-5/h1-4H,(H,7,8). The van der Waals surface area contributed by atoms with E-state index in [9.17, 15) is 4.79 Å². The number of hydrogen-bond donors (Lipinski definition) is 1. The third-order valence-corrected chi connectivity index (χ3v) is 0.910. The van der Waals surface area contributed by atoms with E-state index >= 15 is 0 Å². The minimum Gasteiger partial charge on any atom is -0.478 e. The van der Waals surface area contributed by atoms with Gasteiger partial charge < -0.3 is 5.11 Å². The van der Waals surface area contributed by atoms with Gasteiger partial charge in [0.1, 0.15) is 0 Å². The van der Waals surface area contributed by atoms with E-state index in [0.29, 0.717) is 5.57 Å². The van der Waals surface area contributed by atoms with E-state index in [-0.39, 0.29) is 0 Å². The number of allylic oxidation sites excluding steroid dienone is 3. The molecule has 0 saturated heterocycles. The van der Waals surface area contributed by atoms with Crippen molar-refractivity contribution in [2.45, 2.75) is 0 Å². The molecule has 0 aliphatic heterocycles. The van der Waals surface area contributed by atoms with Gasteiger partial charge in [-0.15, -0.1) is 0 Å². The minimum atomic E-state index is -0.866. The summed E-state index contributed by atoms with van der Waals surface area (Å²) in [6.07, 6.45) is 6.51. The molecule has 0 amide bonds. The van der Waals surface area contributed by atoms with Crippen LogP contribution in [-0.4, -0.2) is 11.1 Å². The fraction of sp³-hybridized carbons (Fsp3) is 0. The molecule has 0 atom stereocenters. The second-order valence-corrected chi connectivity index (χ2v) is 1.48. The van der Waals surface area contributed by atoms with Gasteiger partial charge in [-0.25, -0.2) is 4.79 Å². The molecule has 0 bridgehead atoms. The molecule has 2 nitrogen and oxygen atoms in total. The number of carbonyl (C=O) groups is 1. The fourth-order valence-electron chi connectivity index (χ4n) is 0.517. The van der Waals surface area contributed by atoms with E-state index in [4.69, 9.17) is 5.11 Å². The van der Waals surface area contributed by atoms with Crippen LogP contribution in [0.25, 0.3) is 0 Å². The van der Waals surface area contributed by atoms with Crippen LogP contribution in [0.3, 0.4) is 0 Å². The van der Waals surface area contributed by atoms with Gasteiger partial charge in [0, 0.05) is 12.0 Å². The van der Waals surface area contributed by atoms with E-state index in [2.05, 4.69) is 0 Å². The van der Waals surface area contributed by atoms with Crippen LogP contribution in [-0.2, 0) is 4.79 Å². The van der Waals surface area contributed by atoms with Crippen LogP contribution in [0.15, 0.2) is 23.8 Å². The van der Waals surface area contributed by atoms with E-state index < -0.39 is 5.97 Å². The van der Waals surface area contributed by atoms with E-state index in [1.807, 2.05) is 0 Å². The van der Waals surface area contributed by atoms with Gasteiger partial charge in [0.25, 0.3) is 0 Å². The van der Waals surface area contributed by atoms with Crippen molar-refractivity contribution in [1.82, 2.24) is 0 Å². The molecule has 0 fully saturated rings. The summed E-state index contributed by atoms with van der Waals surface area (Å²) in [5.74, 6) is -0.866. The quantitative estimate of drug-likeness (QED) is 0.540. The summed E-state index contributed by atoms with van der Waals surface area (Å²) >= 11 is 0. The summed E-state index contributed by atoms with van der Waals surface area (Å²) in [4.78, 5) is 10.1. The zero-order valence-electron chi connectivity index (χ0n) is 4.16. The molecule has 0 aromatic rings. The molecule has 1 rings (SSSR count). The lowest BCUT2D eigenvalue weighted by molar-refractivity contribution is -0.132. The van der Waals surface area contributed by atoms with Crippen LogP contribution >= 0.6 is 0 Å². The van der Waals surface area contributed by atoms with Gasteiger partial charge in [-0.3, -0.25) is 0 Å². The Kier molecular flexibility index (Phi) is 1.16. The van der Waals surface area contributed by atoms with Crippen LogP contribution in [0.1, 0.15) is 0 Å². The molecular formula is C6H5O2. The van der Waals surface area contributed by atoms with Gasteiger partial charge in [-0.05, 0) is 0 Å². The van der Waals surface area contributed by atoms with Gasteiger partial charge in [0.05, 0.1) is 0 Å². The Morgan fingerprint density at radius 3 is 2.50 bits per heavy atom. The first kappa shape index (κ1) is 5.09. The summed E-state index contributed by atoms with van der Waals surface area (Å²) in [5.41, 5.74) is 0.352. The van der Waals surface area contributed by atoms with E-state index in [1.165, 1.54) is 0 Å². The van der Waals surface area contributed by atoms with Crippen LogP contribution in [0.5, 0.6) is 0 Å². The van der Waals surface area contributed by atoms with Gasteiger partial charge in [0.15, 0.2) is 0 Å². The Labute approximate surface area is 47.1 Å². The summed E-state index contributed by atoms with van der Waals surface area (Å²) in [7, 11) is 0. The molecule has 0 aromatic heterocycles. The number of carboxylic acids is 1. The number of aliphatic carboxylic acids is 1. The molecular weight excluding hydrogens is 104 g/mol. The molecule has 1 aliphatic carbocycles. The summed E-state index contributed by atoms with van der Waals surface area (Å²) in [6, 6.07) is 0. The topological polar surface area (TPSA) is 37.3 Å². The SMILES string of the molecule is O=C(O)C1=CC=C[CH]1. The first-order valence-corrected chi connectivity index (χ1v) is 2.26. The summed E-state index contributed by atoms with van der Waals surface area (Å²) in [6.45, 7) is 0. The van der Waals surface area contributed by atoms with Crippen molar-refractivity contribution in [3.05, 3.63) is 30.2 Å². The normalized spacial score (nSPS) is 16.2. The van der Waals surface area contributed by atoms with Crippen molar-refractivity contribution in [3.8, 4) is 0 Å². The molecule has 41 valence electrons. The molecule has 0 saturated carbocycles. The van der Waals surface area contributed by atoms with Crippen molar-refractivity contribution in [3.63, 3.8) is 0 Å². The highest BCUT2D eigenvalue weighted by Crippen LogP contribution is 2.07.